The minimum absolute atomic E-state index is 0.395. The monoisotopic (exact) mass is 247 g/mol. The largest absolute Gasteiger partial charge is 0.496 e. The van der Waals surface area contributed by atoms with E-state index in [1.54, 1.807) is 13.3 Å². The first kappa shape index (κ1) is 11.6. The molecule has 4 nitrogen and oxygen atoms in total. The van der Waals surface area contributed by atoms with E-state index >= 15 is 0 Å². The number of nitrogen functional groups attached to an aromatic ring is 1. The molecule has 3 N–H and O–H groups in total. The third-order valence-electron chi connectivity index (χ3n) is 2.50. The van der Waals surface area contributed by atoms with Crippen molar-refractivity contribution in [3.05, 3.63) is 46.4 Å². The lowest BCUT2D eigenvalue weighted by atomic mass is 10.1. The molecule has 0 saturated carbocycles. The molecule has 88 valence electrons. The summed E-state index contributed by atoms with van der Waals surface area (Å²) in [5.41, 5.74) is 7.83. The number of benzene rings is 1. The van der Waals surface area contributed by atoms with Crippen molar-refractivity contribution < 1.29 is 4.74 Å². The van der Waals surface area contributed by atoms with Gasteiger partial charge in [0.05, 0.1) is 7.11 Å². The summed E-state index contributed by atoms with van der Waals surface area (Å²) in [5.74, 6) is 1.39. The van der Waals surface area contributed by atoms with Crippen molar-refractivity contribution in [1.29, 1.82) is 0 Å². The number of methoxy groups -OCH3 is 1. The molecule has 2 aromatic rings. The smallest absolute Gasteiger partial charge is 0.198 e. The Morgan fingerprint density at radius 2 is 2.12 bits per heavy atom. The van der Waals surface area contributed by atoms with E-state index in [4.69, 9.17) is 22.7 Å². The molecule has 0 spiro atoms. The first-order chi connectivity index (χ1) is 8.20. The Morgan fingerprint density at radius 1 is 1.35 bits per heavy atom. The second-order valence-corrected chi connectivity index (χ2v) is 4.00. The van der Waals surface area contributed by atoms with Gasteiger partial charge < -0.3 is 15.5 Å². The van der Waals surface area contributed by atoms with Crippen molar-refractivity contribution in [3.63, 3.8) is 0 Å². The molecule has 1 aromatic heterocycles. The van der Waals surface area contributed by atoms with Crippen molar-refractivity contribution >= 4 is 18.0 Å². The summed E-state index contributed by atoms with van der Waals surface area (Å²) < 4.78 is 5.68. The van der Waals surface area contributed by atoms with Crippen molar-refractivity contribution in [2.24, 2.45) is 0 Å². The number of aromatic nitrogens is 2. The second-order valence-electron chi connectivity index (χ2n) is 3.62. The number of anilines is 1. The zero-order chi connectivity index (χ0) is 12.3. The molecule has 5 heteroatoms. The molecule has 0 saturated heterocycles. The minimum Gasteiger partial charge on any atom is -0.496 e. The fraction of sp³-hybridized carbons (Fsp3) is 0.167. The van der Waals surface area contributed by atoms with Crippen LogP contribution in [0.2, 0.25) is 0 Å². The third-order valence-corrected chi connectivity index (χ3v) is 2.71. The SMILES string of the molecule is COc1ccccc1Cc1cnc(=S)[nH]c1N. The topological polar surface area (TPSA) is 63.9 Å². The number of hydrogen-bond donors (Lipinski definition) is 2. The van der Waals surface area contributed by atoms with E-state index in [1.165, 1.54) is 0 Å². The van der Waals surface area contributed by atoms with Gasteiger partial charge in [-0.3, -0.25) is 0 Å². The van der Waals surface area contributed by atoms with Crippen LogP contribution in [0.5, 0.6) is 5.75 Å². The summed E-state index contributed by atoms with van der Waals surface area (Å²) in [6, 6.07) is 7.82. The summed E-state index contributed by atoms with van der Waals surface area (Å²) in [6.07, 6.45) is 2.36. The van der Waals surface area contributed by atoms with Crippen LogP contribution in [0, 0.1) is 4.77 Å². The molecular formula is C12H13N3OS. The fourth-order valence-corrected chi connectivity index (χ4v) is 1.79. The summed E-state index contributed by atoms with van der Waals surface area (Å²) >= 11 is 4.90. The lowest BCUT2D eigenvalue weighted by molar-refractivity contribution is 0.410. The van der Waals surface area contributed by atoms with E-state index < -0.39 is 0 Å². The number of nitrogens with zero attached hydrogens (tertiary/aromatic N) is 1. The summed E-state index contributed by atoms with van der Waals surface area (Å²) in [6.45, 7) is 0. The predicted octanol–water partition coefficient (Wildman–Crippen LogP) is 2.32. The molecule has 0 atom stereocenters. The predicted molar refractivity (Wildman–Crippen MR) is 69.6 cm³/mol. The van der Waals surface area contributed by atoms with Gasteiger partial charge in [-0.2, -0.15) is 0 Å². The highest BCUT2D eigenvalue weighted by atomic mass is 32.1. The van der Waals surface area contributed by atoms with E-state index in [2.05, 4.69) is 9.97 Å². The number of nitrogens with two attached hydrogens (primary N) is 1. The zero-order valence-corrected chi connectivity index (χ0v) is 10.3. The van der Waals surface area contributed by atoms with Crippen LogP contribution in [0.15, 0.2) is 30.5 Å². The van der Waals surface area contributed by atoms with Crippen LogP contribution < -0.4 is 10.5 Å². The summed E-state index contributed by atoms with van der Waals surface area (Å²) in [4.78, 5) is 6.87. The molecule has 0 unspecified atom stereocenters. The highest BCUT2D eigenvalue weighted by Crippen LogP contribution is 2.22. The maximum Gasteiger partial charge on any atom is 0.198 e. The summed E-state index contributed by atoms with van der Waals surface area (Å²) in [7, 11) is 1.65. The number of nitrogens with one attached hydrogen (secondary N) is 1. The standard InChI is InChI=1S/C12H13N3OS/c1-16-10-5-3-2-4-8(10)6-9-7-14-12(17)15-11(9)13/h2-5,7H,6H2,1H3,(H3,13,14,15,17). The van der Waals surface area contributed by atoms with Crippen LogP contribution in [0.3, 0.4) is 0 Å². The quantitative estimate of drug-likeness (QED) is 0.817. The van der Waals surface area contributed by atoms with E-state index in [9.17, 15) is 0 Å². The van der Waals surface area contributed by atoms with E-state index in [0.29, 0.717) is 17.0 Å². The van der Waals surface area contributed by atoms with Crippen molar-refractivity contribution in [2.45, 2.75) is 6.42 Å². The maximum absolute atomic E-state index is 5.86. The van der Waals surface area contributed by atoms with Gasteiger partial charge in [-0.15, -0.1) is 0 Å². The highest BCUT2D eigenvalue weighted by Gasteiger charge is 2.06. The molecule has 0 aliphatic carbocycles. The van der Waals surface area contributed by atoms with E-state index in [1.807, 2.05) is 24.3 Å². The minimum atomic E-state index is 0.395. The Hall–Kier alpha value is -1.88. The van der Waals surface area contributed by atoms with Crippen molar-refractivity contribution in [2.75, 3.05) is 12.8 Å². The number of rotatable bonds is 3. The molecule has 0 aliphatic heterocycles. The van der Waals surface area contributed by atoms with Crippen LogP contribution in [-0.4, -0.2) is 17.1 Å². The van der Waals surface area contributed by atoms with Crippen LogP contribution >= 0.6 is 12.2 Å². The Balaban J connectivity index is 2.34. The average Bonchev–Trinajstić information content (AvgIpc) is 2.33. The molecule has 0 amide bonds. The van der Waals surface area contributed by atoms with Gasteiger partial charge in [-0.1, -0.05) is 18.2 Å². The molecule has 1 aromatic carbocycles. The lowest BCUT2D eigenvalue weighted by Gasteiger charge is -2.09. The first-order valence-corrected chi connectivity index (χ1v) is 5.57. The Labute approximate surface area is 104 Å². The molecule has 0 bridgehead atoms. The van der Waals surface area contributed by atoms with Gasteiger partial charge in [0.2, 0.25) is 0 Å². The Bertz CT molecular complexity index is 580. The maximum atomic E-state index is 5.86. The highest BCUT2D eigenvalue weighted by molar-refractivity contribution is 7.71. The van der Waals surface area contributed by atoms with Gasteiger partial charge in [-0.05, 0) is 23.8 Å². The van der Waals surface area contributed by atoms with E-state index in [-0.39, 0.29) is 0 Å². The lowest BCUT2D eigenvalue weighted by Crippen LogP contribution is -2.01. The number of ether oxygens (including phenoxy) is 1. The molecule has 0 fully saturated rings. The molecule has 2 rings (SSSR count). The summed E-state index contributed by atoms with van der Waals surface area (Å²) in [5, 5.41) is 0. The first-order valence-electron chi connectivity index (χ1n) is 5.16. The van der Waals surface area contributed by atoms with Gasteiger partial charge in [0.1, 0.15) is 11.6 Å². The zero-order valence-electron chi connectivity index (χ0n) is 9.43. The van der Waals surface area contributed by atoms with Crippen LogP contribution in [-0.2, 0) is 6.42 Å². The number of H-pyrrole nitrogens is 1. The molecule has 1 heterocycles. The van der Waals surface area contributed by atoms with Gasteiger partial charge in [0, 0.05) is 18.2 Å². The van der Waals surface area contributed by atoms with Gasteiger partial charge in [0.25, 0.3) is 0 Å². The molecule has 17 heavy (non-hydrogen) atoms. The van der Waals surface area contributed by atoms with Crippen LogP contribution in [0.25, 0.3) is 0 Å². The number of para-hydroxylation sites is 1. The van der Waals surface area contributed by atoms with Crippen LogP contribution in [0.1, 0.15) is 11.1 Å². The van der Waals surface area contributed by atoms with Crippen molar-refractivity contribution in [3.8, 4) is 5.75 Å². The Kier molecular flexibility index (Phi) is 3.39. The molecule has 0 aliphatic rings. The van der Waals surface area contributed by atoms with Crippen LogP contribution in [0.4, 0.5) is 5.82 Å². The van der Waals surface area contributed by atoms with Crippen molar-refractivity contribution in [1.82, 2.24) is 9.97 Å². The third kappa shape index (κ3) is 2.62. The average molecular weight is 247 g/mol. The molecule has 0 radical (unpaired) electrons. The second kappa shape index (κ2) is 4.97. The Morgan fingerprint density at radius 3 is 2.82 bits per heavy atom. The molecular weight excluding hydrogens is 234 g/mol. The fourth-order valence-electron chi connectivity index (χ4n) is 1.63. The van der Waals surface area contributed by atoms with E-state index in [0.717, 1.165) is 16.9 Å². The van der Waals surface area contributed by atoms with Gasteiger partial charge in [-0.25, -0.2) is 4.98 Å². The number of hydrogen-bond acceptors (Lipinski definition) is 4. The number of aromatic amines is 1. The van der Waals surface area contributed by atoms with Gasteiger partial charge in [0.15, 0.2) is 4.77 Å². The van der Waals surface area contributed by atoms with Gasteiger partial charge >= 0.3 is 0 Å². The normalized spacial score (nSPS) is 10.2.